The quantitative estimate of drug-likeness (QED) is 0.679. The Morgan fingerprint density at radius 3 is 2.91 bits per heavy atom. The van der Waals surface area contributed by atoms with Gasteiger partial charge in [0.05, 0.1) is 5.02 Å². The van der Waals surface area contributed by atoms with Crippen molar-refractivity contribution < 1.29 is 0 Å². The minimum Gasteiger partial charge on any atom is -0.103 e. The van der Waals surface area contributed by atoms with Crippen LogP contribution in [0.4, 0.5) is 0 Å². The van der Waals surface area contributed by atoms with Crippen LogP contribution in [0.3, 0.4) is 0 Å². The lowest BCUT2D eigenvalue weighted by Gasteiger charge is -2.01. The molecule has 1 aromatic carbocycles. The fraction of sp³-hybridized carbons (Fsp3) is 0.111. The predicted octanol–water partition coefficient (Wildman–Crippen LogP) is 3.83. The molecule has 0 fully saturated rings. The summed E-state index contributed by atoms with van der Waals surface area (Å²) >= 11 is 9.27. The predicted molar refractivity (Wildman–Crippen MR) is 53.1 cm³/mol. The van der Waals surface area contributed by atoms with E-state index in [4.69, 9.17) is 11.6 Å². The Morgan fingerprint density at radius 2 is 2.27 bits per heavy atom. The lowest BCUT2D eigenvalue weighted by Crippen LogP contribution is -1.82. The molecule has 0 unspecified atom stereocenters. The normalized spacial score (nSPS) is 9.64. The molecule has 0 N–H and O–H groups in total. The molecular formula is C9H8BrCl. The first-order chi connectivity index (χ1) is 5.25. The van der Waals surface area contributed by atoms with E-state index in [1.54, 1.807) is 0 Å². The maximum atomic E-state index is 5.87. The highest BCUT2D eigenvalue weighted by atomic mass is 79.9. The van der Waals surface area contributed by atoms with Gasteiger partial charge in [-0.2, -0.15) is 0 Å². The van der Waals surface area contributed by atoms with Crippen LogP contribution in [0.1, 0.15) is 5.56 Å². The van der Waals surface area contributed by atoms with Gasteiger partial charge in [-0.3, -0.25) is 0 Å². The van der Waals surface area contributed by atoms with Gasteiger partial charge in [0.15, 0.2) is 0 Å². The number of hydrogen-bond donors (Lipinski definition) is 0. The molecule has 1 aromatic rings. The first-order valence-corrected chi connectivity index (χ1v) is 4.46. The summed E-state index contributed by atoms with van der Waals surface area (Å²) in [7, 11) is 0. The third-order valence-corrected chi connectivity index (χ3v) is 2.88. The van der Waals surface area contributed by atoms with E-state index in [1.165, 1.54) is 5.56 Å². The largest absolute Gasteiger partial charge is 0.103 e. The van der Waals surface area contributed by atoms with Gasteiger partial charge >= 0.3 is 0 Å². The Hall–Kier alpha value is -0.270. The molecule has 0 aliphatic rings. The lowest BCUT2D eigenvalue weighted by atomic mass is 10.1. The molecule has 0 nitrogen and oxygen atoms in total. The van der Waals surface area contributed by atoms with E-state index in [2.05, 4.69) is 22.5 Å². The fourth-order valence-corrected chi connectivity index (χ4v) is 1.48. The molecule has 0 spiro atoms. The molecule has 0 aliphatic carbocycles. The van der Waals surface area contributed by atoms with E-state index < -0.39 is 0 Å². The zero-order valence-corrected chi connectivity index (χ0v) is 8.32. The van der Waals surface area contributed by atoms with Gasteiger partial charge in [-0.1, -0.05) is 29.8 Å². The van der Waals surface area contributed by atoms with Crippen molar-refractivity contribution in [3.8, 4) is 0 Å². The van der Waals surface area contributed by atoms with E-state index >= 15 is 0 Å². The topological polar surface area (TPSA) is 0 Å². The Labute approximate surface area is 80.0 Å². The van der Waals surface area contributed by atoms with Gasteiger partial charge in [0.2, 0.25) is 0 Å². The van der Waals surface area contributed by atoms with Crippen molar-refractivity contribution >= 4 is 27.5 Å². The monoisotopic (exact) mass is 230 g/mol. The minimum absolute atomic E-state index is 0.754. The number of halogens is 2. The maximum absolute atomic E-state index is 5.87. The lowest BCUT2D eigenvalue weighted by molar-refractivity contribution is 1.26. The molecule has 0 bridgehead atoms. The molecule has 58 valence electrons. The van der Waals surface area contributed by atoms with Crippen molar-refractivity contribution in [3.63, 3.8) is 0 Å². The Balaban J connectivity index is 3.05. The third-order valence-electron chi connectivity index (χ3n) is 1.40. The van der Waals surface area contributed by atoms with Crippen LogP contribution in [-0.2, 0) is 6.42 Å². The molecular weight excluding hydrogens is 223 g/mol. The highest BCUT2D eigenvalue weighted by Crippen LogP contribution is 2.26. The molecule has 0 atom stereocenters. The summed E-state index contributed by atoms with van der Waals surface area (Å²) in [5, 5.41) is 0.754. The summed E-state index contributed by atoms with van der Waals surface area (Å²) in [5.41, 5.74) is 1.17. The SMILES string of the molecule is C=CCc1cccc(Cl)c1Br. The van der Waals surface area contributed by atoms with Crippen molar-refractivity contribution in [3.05, 3.63) is 45.9 Å². The van der Waals surface area contributed by atoms with Crippen LogP contribution in [0.25, 0.3) is 0 Å². The third kappa shape index (κ3) is 2.08. The van der Waals surface area contributed by atoms with E-state index in [-0.39, 0.29) is 0 Å². The zero-order chi connectivity index (χ0) is 8.27. The van der Waals surface area contributed by atoms with Gasteiger partial charge in [0.25, 0.3) is 0 Å². The van der Waals surface area contributed by atoms with Crippen LogP contribution in [-0.4, -0.2) is 0 Å². The number of hydrogen-bond acceptors (Lipinski definition) is 0. The molecule has 0 heterocycles. The molecule has 0 saturated carbocycles. The van der Waals surface area contributed by atoms with Gasteiger partial charge in [0.1, 0.15) is 0 Å². The minimum atomic E-state index is 0.754. The van der Waals surface area contributed by atoms with Crippen LogP contribution in [0.2, 0.25) is 5.02 Å². The van der Waals surface area contributed by atoms with Crippen molar-refractivity contribution in [2.45, 2.75) is 6.42 Å². The average Bonchev–Trinajstić information content (AvgIpc) is 1.99. The van der Waals surface area contributed by atoms with Crippen LogP contribution in [0.15, 0.2) is 35.3 Å². The van der Waals surface area contributed by atoms with Gasteiger partial charge in [0, 0.05) is 4.47 Å². The maximum Gasteiger partial charge on any atom is 0.0550 e. The summed E-state index contributed by atoms with van der Waals surface area (Å²) in [5.74, 6) is 0. The van der Waals surface area contributed by atoms with E-state index in [9.17, 15) is 0 Å². The van der Waals surface area contributed by atoms with Crippen LogP contribution in [0, 0.1) is 0 Å². The Kier molecular flexibility index (Phi) is 3.16. The summed E-state index contributed by atoms with van der Waals surface area (Å²) in [4.78, 5) is 0. The molecule has 1 rings (SSSR count). The van der Waals surface area contributed by atoms with Crippen molar-refractivity contribution in [1.82, 2.24) is 0 Å². The van der Waals surface area contributed by atoms with Crippen LogP contribution >= 0.6 is 27.5 Å². The molecule has 0 aliphatic heterocycles. The first kappa shape index (κ1) is 8.82. The zero-order valence-electron chi connectivity index (χ0n) is 5.98. The molecule has 0 saturated heterocycles. The average molecular weight is 232 g/mol. The highest BCUT2D eigenvalue weighted by molar-refractivity contribution is 9.10. The smallest absolute Gasteiger partial charge is 0.0550 e. The second kappa shape index (κ2) is 3.93. The van der Waals surface area contributed by atoms with Crippen molar-refractivity contribution in [2.24, 2.45) is 0 Å². The van der Waals surface area contributed by atoms with Gasteiger partial charge in [-0.25, -0.2) is 0 Å². The molecule has 0 radical (unpaired) electrons. The Morgan fingerprint density at radius 1 is 1.55 bits per heavy atom. The number of allylic oxidation sites excluding steroid dienone is 1. The number of benzene rings is 1. The van der Waals surface area contributed by atoms with Crippen molar-refractivity contribution in [2.75, 3.05) is 0 Å². The second-order valence-corrected chi connectivity index (χ2v) is 3.41. The summed E-state index contributed by atoms with van der Waals surface area (Å²) in [6.07, 6.45) is 2.71. The number of rotatable bonds is 2. The van der Waals surface area contributed by atoms with Gasteiger partial charge < -0.3 is 0 Å². The van der Waals surface area contributed by atoms with E-state index in [0.717, 1.165) is 15.9 Å². The Bertz CT molecular complexity index is 268. The van der Waals surface area contributed by atoms with E-state index in [0.29, 0.717) is 0 Å². The van der Waals surface area contributed by atoms with E-state index in [1.807, 2.05) is 24.3 Å². The second-order valence-electron chi connectivity index (χ2n) is 2.21. The standard InChI is InChI=1S/C9H8BrCl/c1-2-4-7-5-3-6-8(11)9(7)10/h2-3,5-6H,1,4H2. The first-order valence-electron chi connectivity index (χ1n) is 3.29. The van der Waals surface area contributed by atoms with Gasteiger partial charge in [-0.15, -0.1) is 6.58 Å². The fourth-order valence-electron chi connectivity index (χ4n) is 0.862. The van der Waals surface area contributed by atoms with Gasteiger partial charge in [-0.05, 0) is 34.0 Å². The molecule has 11 heavy (non-hydrogen) atoms. The van der Waals surface area contributed by atoms with Crippen molar-refractivity contribution in [1.29, 1.82) is 0 Å². The summed E-state index contributed by atoms with van der Waals surface area (Å²) in [6.45, 7) is 3.66. The molecule has 0 aromatic heterocycles. The van der Waals surface area contributed by atoms with Crippen LogP contribution < -0.4 is 0 Å². The summed E-state index contributed by atoms with van der Waals surface area (Å²) in [6, 6.07) is 5.82. The highest BCUT2D eigenvalue weighted by Gasteiger charge is 2.00. The molecule has 0 amide bonds. The molecule has 2 heteroatoms. The van der Waals surface area contributed by atoms with Crippen LogP contribution in [0.5, 0.6) is 0 Å². The summed E-state index contributed by atoms with van der Waals surface area (Å²) < 4.78 is 0.974.